The van der Waals surface area contributed by atoms with Gasteiger partial charge < -0.3 is 26.8 Å². The molecule has 0 aliphatic rings. The standard InChI is InChI=1S/C118H66N8O4/c1-2-22-67(23-3-1)71-31-21-33-79(53-71)114-120-116(81-49-51-107-92(58-81)86-38-15-19-43-105(86)128-107)124-118(122-114)96-63-97-110(66-103(96)126-99-41-17-13-36-84(99)90-55-73-25-5-8-28-76(73)60-101(90)126)130-111-64-88(82-34-10-11-39-87(82)112(97)111)78-32-20-30-70(52-78)68-44-46-69(47-45-68)113-119-115(80-48-50-106-91(57-80)85-37-14-18-42-104(85)127-106)123-117(121-113)95-62-94-93-56-74-26-6-9-29-77(74)61-108(93)129-109(94)65-102(95)125-98-40-16-12-35-83(98)89-54-72-24-4-7-27-75(72)59-100(89)125/h1-66H. The highest BCUT2D eigenvalue weighted by Gasteiger charge is 2.29. The lowest BCUT2D eigenvalue weighted by molar-refractivity contribution is 0.668. The van der Waals surface area contributed by atoms with Crippen LogP contribution in [0.15, 0.2) is 418 Å². The molecule has 28 rings (SSSR count). The van der Waals surface area contributed by atoms with Crippen molar-refractivity contribution in [1.82, 2.24) is 39.0 Å². The fourth-order valence-corrected chi connectivity index (χ4v) is 20.4. The molecule has 8 heterocycles. The molecule has 0 saturated carbocycles. The molecule has 0 spiro atoms. The Hall–Kier alpha value is -17.7. The maximum atomic E-state index is 7.45. The summed E-state index contributed by atoms with van der Waals surface area (Å²) in [5, 5.41) is 21.2. The molecule has 0 saturated heterocycles. The predicted molar refractivity (Wildman–Crippen MR) is 530 cm³/mol. The van der Waals surface area contributed by atoms with Gasteiger partial charge in [0, 0.05) is 110 Å². The second-order valence-electron chi connectivity index (χ2n) is 33.9. The lowest BCUT2D eigenvalue weighted by atomic mass is 9.92. The second kappa shape index (κ2) is 27.9. The van der Waals surface area contributed by atoms with Gasteiger partial charge in [0.1, 0.15) is 44.7 Å². The quantitative estimate of drug-likeness (QED) is 0.123. The summed E-state index contributed by atoms with van der Waals surface area (Å²) < 4.78 is 32.0. The minimum absolute atomic E-state index is 0.497. The van der Waals surface area contributed by atoms with Gasteiger partial charge in [-0.25, -0.2) is 29.9 Å². The van der Waals surface area contributed by atoms with Gasteiger partial charge in [-0.2, -0.15) is 0 Å². The molecule has 602 valence electrons. The van der Waals surface area contributed by atoms with Crippen LogP contribution in [0.2, 0.25) is 0 Å². The fourth-order valence-electron chi connectivity index (χ4n) is 20.4. The molecule has 0 aliphatic heterocycles. The highest BCUT2D eigenvalue weighted by atomic mass is 16.3. The summed E-state index contributed by atoms with van der Waals surface area (Å²) in [7, 11) is 0. The molecule has 0 fully saturated rings. The average molecular weight is 1660 g/mol. The topological polar surface area (TPSA) is 140 Å². The molecule has 0 aliphatic carbocycles. The number of para-hydroxylation sites is 4. The van der Waals surface area contributed by atoms with Gasteiger partial charge >= 0.3 is 0 Å². The van der Waals surface area contributed by atoms with Crippen LogP contribution in [0, 0.1) is 0 Å². The van der Waals surface area contributed by atoms with E-state index >= 15 is 0 Å². The Morgan fingerprint density at radius 3 is 1.06 bits per heavy atom. The maximum Gasteiger partial charge on any atom is 0.166 e. The van der Waals surface area contributed by atoms with Crippen LogP contribution in [0.4, 0.5) is 0 Å². The molecule has 0 bridgehead atoms. The summed E-state index contributed by atoms with van der Waals surface area (Å²) in [6, 6.07) is 142. The lowest BCUT2D eigenvalue weighted by Gasteiger charge is -2.15. The Balaban J connectivity index is 0.612. The Morgan fingerprint density at radius 1 is 0.154 bits per heavy atom. The lowest BCUT2D eigenvalue weighted by Crippen LogP contribution is -2.04. The van der Waals surface area contributed by atoms with Gasteiger partial charge in [0.15, 0.2) is 34.9 Å². The van der Waals surface area contributed by atoms with Crippen molar-refractivity contribution in [2.45, 2.75) is 0 Å². The minimum Gasteiger partial charge on any atom is -0.456 e. The first-order valence-corrected chi connectivity index (χ1v) is 43.7. The van der Waals surface area contributed by atoms with Crippen LogP contribution < -0.4 is 0 Å². The zero-order valence-electron chi connectivity index (χ0n) is 69.3. The molecule has 130 heavy (non-hydrogen) atoms. The first kappa shape index (κ1) is 71.7. The Bertz CT molecular complexity index is 9730. The predicted octanol–water partition coefficient (Wildman–Crippen LogP) is 31.5. The summed E-state index contributed by atoms with van der Waals surface area (Å²) in [4.78, 5) is 33.5. The number of hydrogen-bond donors (Lipinski definition) is 0. The van der Waals surface area contributed by atoms with Gasteiger partial charge in [-0.3, -0.25) is 0 Å². The van der Waals surface area contributed by atoms with Crippen molar-refractivity contribution in [3.63, 3.8) is 0 Å². The SMILES string of the molecule is c1ccc(-c2cccc(-c3nc(-c4ccc5oc6ccccc6c5c4)nc(-c4cc5c(cc4-n4c6ccccc6c6cc7ccccc7cc64)oc4cc(-c6cccc(-c7ccc(-c8nc(-c9ccc%10oc%11ccccc%11c%10c9)nc(-c9cc%10c(cc9-n9c%11ccccc%11c%11cc%12ccccc%12cc%119)oc9cc%11ccccc%11cc9%10)n8)cc7)c6)c6ccccc6c45)n3)c2)cc1. The van der Waals surface area contributed by atoms with Crippen molar-refractivity contribution in [2.24, 2.45) is 0 Å². The molecule has 8 aromatic heterocycles. The van der Waals surface area contributed by atoms with Gasteiger partial charge in [-0.15, -0.1) is 0 Å². The number of nitrogens with zero attached hydrogens (tertiary/aromatic N) is 8. The second-order valence-corrected chi connectivity index (χ2v) is 33.9. The van der Waals surface area contributed by atoms with Crippen molar-refractivity contribution in [3.8, 4) is 113 Å². The van der Waals surface area contributed by atoms with Crippen molar-refractivity contribution in [1.29, 1.82) is 0 Å². The Kier molecular flexibility index (Phi) is 15.4. The molecule has 0 radical (unpaired) electrons. The molecule has 0 N–H and O–H groups in total. The van der Waals surface area contributed by atoms with Crippen LogP contribution >= 0.6 is 0 Å². The summed E-state index contributed by atoms with van der Waals surface area (Å²) in [5.41, 5.74) is 23.2. The van der Waals surface area contributed by atoms with E-state index in [9.17, 15) is 0 Å². The average Bonchev–Trinajstić information content (AvgIpc) is 1.56. The monoisotopic (exact) mass is 1660 g/mol. The molecular formula is C118H66N8O4. The maximum absolute atomic E-state index is 7.45. The van der Waals surface area contributed by atoms with Crippen LogP contribution in [-0.4, -0.2) is 39.0 Å². The third-order valence-electron chi connectivity index (χ3n) is 26.5. The first-order chi connectivity index (χ1) is 64.3. The fraction of sp³-hybridized carbons (Fsp3) is 0. The van der Waals surface area contributed by atoms with E-state index in [2.05, 4.69) is 355 Å². The van der Waals surface area contributed by atoms with E-state index in [0.29, 0.717) is 40.5 Å². The molecule has 0 amide bonds. The third-order valence-corrected chi connectivity index (χ3v) is 26.5. The van der Waals surface area contributed by atoms with E-state index in [4.69, 9.17) is 47.6 Å². The number of rotatable bonds is 11. The van der Waals surface area contributed by atoms with Crippen molar-refractivity contribution < 1.29 is 17.7 Å². The normalized spacial score (nSPS) is 12.2. The molecule has 12 heteroatoms. The van der Waals surface area contributed by atoms with E-state index in [0.717, 1.165) is 247 Å². The highest BCUT2D eigenvalue weighted by molar-refractivity contribution is 6.24. The van der Waals surface area contributed by atoms with Crippen molar-refractivity contribution in [2.75, 3.05) is 0 Å². The molecule has 12 nitrogen and oxygen atoms in total. The largest absolute Gasteiger partial charge is 0.456 e. The van der Waals surface area contributed by atoms with Crippen molar-refractivity contribution in [3.05, 3.63) is 400 Å². The number of fused-ring (bicyclic) bond motifs is 23. The Morgan fingerprint density at radius 2 is 0.500 bits per heavy atom. The van der Waals surface area contributed by atoms with E-state index in [1.807, 2.05) is 54.6 Å². The smallest absolute Gasteiger partial charge is 0.166 e. The summed E-state index contributed by atoms with van der Waals surface area (Å²) in [6.07, 6.45) is 0. The molecule has 28 aromatic rings. The van der Waals surface area contributed by atoms with Gasteiger partial charge in [-0.05, 0) is 204 Å². The van der Waals surface area contributed by atoms with Crippen LogP contribution in [-0.2, 0) is 0 Å². The zero-order valence-corrected chi connectivity index (χ0v) is 69.3. The van der Waals surface area contributed by atoms with E-state index in [-0.39, 0.29) is 0 Å². The zero-order chi connectivity index (χ0) is 84.9. The molecular weight excluding hydrogens is 1590 g/mol. The third kappa shape index (κ3) is 11.2. The number of furan rings is 4. The summed E-state index contributed by atoms with van der Waals surface area (Å²) in [6.45, 7) is 0. The van der Waals surface area contributed by atoms with E-state index < -0.39 is 0 Å². The van der Waals surface area contributed by atoms with Gasteiger partial charge in [-0.1, -0.05) is 261 Å². The van der Waals surface area contributed by atoms with E-state index in [1.165, 1.54) is 0 Å². The number of hydrogen-bond acceptors (Lipinski definition) is 10. The summed E-state index contributed by atoms with van der Waals surface area (Å²) >= 11 is 0. The van der Waals surface area contributed by atoms with Crippen LogP contribution in [0.25, 0.3) is 288 Å². The molecule has 0 atom stereocenters. The highest BCUT2D eigenvalue weighted by Crippen LogP contribution is 2.49. The molecule has 0 unspecified atom stereocenters. The van der Waals surface area contributed by atoms with Gasteiger partial charge in [0.25, 0.3) is 0 Å². The first-order valence-electron chi connectivity index (χ1n) is 43.7. The van der Waals surface area contributed by atoms with Crippen LogP contribution in [0.1, 0.15) is 0 Å². The van der Waals surface area contributed by atoms with Gasteiger partial charge in [0.2, 0.25) is 0 Å². The number of benzene rings is 20. The van der Waals surface area contributed by atoms with Crippen LogP contribution in [0.3, 0.4) is 0 Å². The van der Waals surface area contributed by atoms with Crippen LogP contribution in [0.5, 0.6) is 0 Å². The van der Waals surface area contributed by atoms with Gasteiger partial charge in [0.05, 0.1) is 33.4 Å². The Labute approximate surface area is 739 Å². The van der Waals surface area contributed by atoms with E-state index in [1.54, 1.807) is 0 Å². The van der Waals surface area contributed by atoms with Crippen molar-refractivity contribution >= 4 is 174 Å². The minimum atomic E-state index is 0.497. The number of aromatic nitrogens is 8. The summed E-state index contributed by atoms with van der Waals surface area (Å²) in [5.74, 6) is 3.07. The molecule has 20 aromatic carbocycles.